The maximum atomic E-state index is 4.57. The Morgan fingerprint density at radius 1 is 1.24 bits per heavy atom. The monoisotopic (exact) mass is 247 g/mol. The number of para-hydroxylation sites is 1. The maximum absolute atomic E-state index is 4.57. The summed E-state index contributed by atoms with van der Waals surface area (Å²) in [7, 11) is 0. The second-order valence-electron chi connectivity index (χ2n) is 4.07. The van der Waals surface area contributed by atoms with E-state index in [0.717, 1.165) is 22.5 Å². The molecule has 0 saturated heterocycles. The lowest BCUT2D eigenvalue weighted by Crippen LogP contribution is -2.03. The number of anilines is 1. The van der Waals surface area contributed by atoms with Gasteiger partial charge < -0.3 is 5.32 Å². The molecule has 1 heterocycles. The number of nitrogens with one attached hydrogen (secondary N) is 1. The Balaban J connectivity index is 2.52. The molecule has 0 atom stereocenters. The van der Waals surface area contributed by atoms with Gasteiger partial charge in [0.1, 0.15) is 5.03 Å². The fraction of sp³-hybridized carbons (Fsp3) is 0.385. The molecule has 3 nitrogen and oxygen atoms in total. The fourth-order valence-electron chi connectivity index (χ4n) is 1.60. The molecule has 4 heteroatoms. The van der Waals surface area contributed by atoms with Crippen molar-refractivity contribution in [1.82, 2.24) is 9.97 Å². The zero-order valence-corrected chi connectivity index (χ0v) is 11.2. The number of nitrogens with zero attached hydrogens (tertiary/aromatic N) is 2. The quantitative estimate of drug-likeness (QED) is 0.662. The highest BCUT2D eigenvalue weighted by molar-refractivity contribution is 8.00. The highest BCUT2D eigenvalue weighted by Gasteiger charge is 2.08. The Morgan fingerprint density at radius 2 is 2.00 bits per heavy atom. The minimum atomic E-state index is 0.516. The van der Waals surface area contributed by atoms with Crippen LogP contribution in [-0.4, -0.2) is 21.8 Å². The van der Waals surface area contributed by atoms with E-state index in [1.807, 2.05) is 25.1 Å². The normalized spacial score (nSPS) is 11.1. The van der Waals surface area contributed by atoms with E-state index in [9.17, 15) is 0 Å². The number of benzene rings is 1. The van der Waals surface area contributed by atoms with E-state index >= 15 is 0 Å². The van der Waals surface area contributed by atoms with Gasteiger partial charge in [-0.1, -0.05) is 32.0 Å². The molecule has 0 amide bonds. The van der Waals surface area contributed by atoms with Gasteiger partial charge in [-0.3, -0.25) is 0 Å². The Hall–Kier alpha value is -1.29. The third-order valence-electron chi connectivity index (χ3n) is 2.25. The van der Waals surface area contributed by atoms with Crippen LogP contribution in [0.5, 0.6) is 0 Å². The van der Waals surface area contributed by atoms with Crippen molar-refractivity contribution in [3.8, 4) is 0 Å². The fourth-order valence-corrected chi connectivity index (χ4v) is 2.48. The SMILES string of the molecule is CCNc1nc(SC(C)C)c2ccccc2n1. The molecule has 0 aliphatic carbocycles. The van der Waals surface area contributed by atoms with E-state index in [1.165, 1.54) is 0 Å². The second-order valence-corrected chi connectivity index (χ2v) is 5.63. The zero-order valence-electron chi connectivity index (χ0n) is 10.4. The summed E-state index contributed by atoms with van der Waals surface area (Å²) in [5.74, 6) is 0.717. The molecule has 0 fully saturated rings. The van der Waals surface area contributed by atoms with Crippen LogP contribution < -0.4 is 5.32 Å². The van der Waals surface area contributed by atoms with Crippen LogP contribution in [0.4, 0.5) is 5.95 Å². The van der Waals surface area contributed by atoms with Gasteiger partial charge >= 0.3 is 0 Å². The Bertz CT molecular complexity index is 511. The van der Waals surface area contributed by atoms with E-state index in [-0.39, 0.29) is 0 Å². The lowest BCUT2D eigenvalue weighted by Gasteiger charge is -2.10. The third-order valence-corrected chi connectivity index (χ3v) is 3.26. The van der Waals surface area contributed by atoms with Crippen LogP contribution in [0.15, 0.2) is 29.3 Å². The van der Waals surface area contributed by atoms with Crippen LogP contribution in [0.2, 0.25) is 0 Å². The van der Waals surface area contributed by atoms with Gasteiger partial charge in [0.2, 0.25) is 5.95 Å². The van der Waals surface area contributed by atoms with Crippen LogP contribution in [0.25, 0.3) is 10.9 Å². The number of thioether (sulfide) groups is 1. The van der Waals surface area contributed by atoms with Crippen molar-refractivity contribution in [2.75, 3.05) is 11.9 Å². The smallest absolute Gasteiger partial charge is 0.224 e. The topological polar surface area (TPSA) is 37.8 Å². The number of fused-ring (bicyclic) bond motifs is 1. The van der Waals surface area contributed by atoms with Crippen LogP contribution >= 0.6 is 11.8 Å². The molecule has 1 aromatic carbocycles. The van der Waals surface area contributed by atoms with Crippen molar-refractivity contribution < 1.29 is 0 Å². The summed E-state index contributed by atoms with van der Waals surface area (Å²) >= 11 is 1.78. The molecule has 2 rings (SSSR count). The minimum absolute atomic E-state index is 0.516. The van der Waals surface area contributed by atoms with E-state index in [2.05, 4.69) is 35.2 Å². The van der Waals surface area contributed by atoms with Crippen LogP contribution in [-0.2, 0) is 0 Å². The molecular weight excluding hydrogens is 230 g/mol. The van der Waals surface area contributed by atoms with E-state index in [4.69, 9.17) is 0 Å². The molecule has 0 unspecified atom stereocenters. The first-order chi connectivity index (χ1) is 8.20. The van der Waals surface area contributed by atoms with Gasteiger partial charge in [-0.15, -0.1) is 11.8 Å². The summed E-state index contributed by atoms with van der Waals surface area (Å²) in [6, 6.07) is 8.15. The van der Waals surface area contributed by atoms with Crippen molar-refractivity contribution in [2.24, 2.45) is 0 Å². The average Bonchev–Trinajstić information content (AvgIpc) is 2.29. The number of hydrogen-bond donors (Lipinski definition) is 1. The summed E-state index contributed by atoms with van der Waals surface area (Å²) in [4.78, 5) is 9.07. The third kappa shape index (κ3) is 2.88. The highest BCUT2D eigenvalue weighted by Crippen LogP contribution is 2.29. The van der Waals surface area contributed by atoms with Crippen molar-refractivity contribution in [3.05, 3.63) is 24.3 Å². The van der Waals surface area contributed by atoms with E-state index in [1.54, 1.807) is 11.8 Å². The average molecular weight is 247 g/mol. The Labute approximate surface area is 106 Å². The molecule has 2 aromatic rings. The molecule has 0 radical (unpaired) electrons. The number of hydrogen-bond acceptors (Lipinski definition) is 4. The molecule has 0 saturated carbocycles. The van der Waals surface area contributed by atoms with Gasteiger partial charge in [-0.25, -0.2) is 9.97 Å². The molecule has 0 aliphatic heterocycles. The minimum Gasteiger partial charge on any atom is -0.354 e. The number of rotatable bonds is 4. The molecule has 1 aromatic heterocycles. The van der Waals surface area contributed by atoms with E-state index in [0.29, 0.717) is 11.2 Å². The largest absolute Gasteiger partial charge is 0.354 e. The summed E-state index contributed by atoms with van der Waals surface area (Å²) < 4.78 is 0. The molecule has 1 N–H and O–H groups in total. The lowest BCUT2D eigenvalue weighted by molar-refractivity contribution is 1.04. The first-order valence-electron chi connectivity index (χ1n) is 5.88. The van der Waals surface area contributed by atoms with E-state index < -0.39 is 0 Å². The van der Waals surface area contributed by atoms with Gasteiger partial charge in [-0.2, -0.15) is 0 Å². The van der Waals surface area contributed by atoms with Gasteiger partial charge in [0.25, 0.3) is 0 Å². The molecule has 90 valence electrons. The van der Waals surface area contributed by atoms with Crippen LogP contribution in [0, 0.1) is 0 Å². The van der Waals surface area contributed by atoms with Gasteiger partial charge in [0.15, 0.2) is 0 Å². The summed E-state index contributed by atoms with van der Waals surface area (Å²) in [5.41, 5.74) is 1.00. The van der Waals surface area contributed by atoms with Gasteiger partial charge in [0, 0.05) is 17.2 Å². The Morgan fingerprint density at radius 3 is 2.71 bits per heavy atom. The van der Waals surface area contributed by atoms with Crippen LogP contribution in [0.3, 0.4) is 0 Å². The van der Waals surface area contributed by atoms with Crippen molar-refractivity contribution >= 4 is 28.6 Å². The summed E-state index contributed by atoms with van der Waals surface area (Å²) in [6.07, 6.45) is 0. The molecule has 17 heavy (non-hydrogen) atoms. The second kappa shape index (κ2) is 5.36. The van der Waals surface area contributed by atoms with Gasteiger partial charge in [0.05, 0.1) is 5.52 Å². The standard InChI is InChI=1S/C13H17N3S/c1-4-14-13-15-11-8-6-5-7-10(11)12(16-13)17-9(2)3/h5-9H,4H2,1-3H3,(H,14,15,16). The molecule has 0 bridgehead atoms. The van der Waals surface area contributed by atoms with Crippen molar-refractivity contribution in [3.63, 3.8) is 0 Å². The molecular formula is C13H17N3S. The molecule has 0 spiro atoms. The predicted octanol–water partition coefficient (Wildman–Crippen LogP) is 3.56. The molecule has 0 aliphatic rings. The van der Waals surface area contributed by atoms with Crippen LogP contribution in [0.1, 0.15) is 20.8 Å². The van der Waals surface area contributed by atoms with Crippen molar-refractivity contribution in [1.29, 1.82) is 0 Å². The summed E-state index contributed by atoms with van der Waals surface area (Å²) in [5, 5.41) is 5.88. The predicted molar refractivity (Wildman–Crippen MR) is 74.7 cm³/mol. The van der Waals surface area contributed by atoms with Crippen molar-refractivity contribution in [2.45, 2.75) is 31.0 Å². The summed E-state index contributed by atoms with van der Waals surface area (Å²) in [6.45, 7) is 7.24. The first-order valence-corrected chi connectivity index (χ1v) is 6.76. The maximum Gasteiger partial charge on any atom is 0.224 e. The highest BCUT2D eigenvalue weighted by atomic mass is 32.2. The lowest BCUT2D eigenvalue weighted by atomic mass is 10.2. The zero-order chi connectivity index (χ0) is 12.3. The van der Waals surface area contributed by atoms with Gasteiger partial charge in [-0.05, 0) is 13.0 Å². The number of aromatic nitrogens is 2. The Kier molecular flexibility index (Phi) is 3.84. The first kappa shape index (κ1) is 12.2.